The zero-order valence-corrected chi connectivity index (χ0v) is 15.4. The molecule has 0 bridgehead atoms. The van der Waals surface area contributed by atoms with E-state index in [1.807, 2.05) is 6.92 Å². The minimum atomic E-state index is -4.62. The monoisotopic (exact) mass is 424 g/mol. The van der Waals surface area contributed by atoms with Crippen molar-refractivity contribution >= 4 is 40.4 Å². The van der Waals surface area contributed by atoms with Crippen molar-refractivity contribution in [2.45, 2.75) is 13.1 Å². The molecule has 3 rings (SSSR count). The van der Waals surface area contributed by atoms with Crippen LogP contribution < -0.4 is 10.6 Å². The molecule has 0 saturated carbocycles. The van der Waals surface area contributed by atoms with Crippen molar-refractivity contribution in [2.75, 3.05) is 10.6 Å². The third-order valence-electron chi connectivity index (χ3n) is 3.72. The van der Waals surface area contributed by atoms with Crippen LogP contribution in [0, 0.1) is 17.0 Å². The van der Waals surface area contributed by atoms with Crippen LogP contribution in [0.25, 0.3) is 0 Å². The normalized spacial score (nSPS) is 11.2. The third kappa shape index (κ3) is 4.69. The molecule has 0 radical (unpaired) electrons. The van der Waals surface area contributed by atoms with Crippen LogP contribution in [0.15, 0.2) is 42.9 Å². The molecule has 0 aliphatic heterocycles. The van der Waals surface area contributed by atoms with Crippen molar-refractivity contribution in [2.24, 2.45) is 0 Å². The fraction of sp³-hybridized carbons (Fsp3) is 0.118. The molecule has 0 aliphatic carbocycles. The van der Waals surface area contributed by atoms with Gasteiger partial charge in [-0.3, -0.25) is 10.1 Å². The number of anilines is 4. The number of halogens is 4. The highest BCUT2D eigenvalue weighted by atomic mass is 35.5. The first-order chi connectivity index (χ1) is 13.6. The van der Waals surface area contributed by atoms with Crippen LogP contribution in [0.2, 0.25) is 5.02 Å². The standard InChI is InChI=1S/C17H12ClF3N6O2/c1-9-2-4-11(5-3-9)25-15-13(27(28)29)16(24-8-23-15)26-14-12(18)6-10(7-22-14)17(19,20)21/h2-8H,1H3,(H2,22,23,24,25,26). The Bertz CT molecular complexity index is 1060. The smallest absolute Gasteiger partial charge is 0.334 e. The van der Waals surface area contributed by atoms with Gasteiger partial charge in [0, 0.05) is 11.9 Å². The summed E-state index contributed by atoms with van der Waals surface area (Å²) >= 11 is 5.85. The largest absolute Gasteiger partial charge is 0.417 e. The van der Waals surface area contributed by atoms with E-state index in [9.17, 15) is 23.3 Å². The Balaban J connectivity index is 1.96. The van der Waals surface area contributed by atoms with Crippen LogP contribution in [-0.4, -0.2) is 19.9 Å². The number of rotatable bonds is 5. The van der Waals surface area contributed by atoms with E-state index in [0.29, 0.717) is 18.0 Å². The van der Waals surface area contributed by atoms with Crippen LogP contribution >= 0.6 is 11.6 Å². The van der Waals surface area contributed by atoms with E-state index < -0.39 is 22.4 Å². The van der Waals surface area contributed by atoms with Crippen LogP contribution in [0.1, 0.15) is 11.1 Å². The molecule has 8 nitrogen and oxygen atoms in total. The topological polar surface area (TPSA) is 106 Å². The third-order valence-corrected chi connectivity index (χ3v) is 4.01. The average Bonchev–Trinajstić information content (AvgIpc) is 2.64. The summed E-state index contributed by atoms with van der Waals surface area (Å²) in [7, 11) is 0. The number of hydrogen-bond donors (Lipinski definition) is 2. The van der Waals surface area contributed by atoms with E-state index in [1.165, 1.54) is 0 Å². The molecular weight excluding hydrogens is 413 g/mol. The van der Waals surface area contributed by atoms with Gasteiger partial charge in [0.05, 0.1) is 15.5 Å². The van der Waals surface area contributed by atoms with Gasteiger partial charge in [0.25, 0.3) is 0 Å². The molecule has 0 spiro atoms. The number of nitro groups is 1. The number of aryl methyl sites for hydroxylation is 1. The van der Waals surface area contributed by atoms with E-state index in [2.05, 4.69) is 25.6 Å². The molecule has 0 amide bonds. The highest BCUT2D eigenvalue weighted by Crippen LogP contribution is 2.36. The number of pyridine rings is 1. The summed E-state index contributed by atoms with van der Waals surface area (Å²) in [5.74, 6) is -0.615. The number of nitrogens with one attached hydrogen (secondary N) is 2. The summed E-state index contributed by atoms with van der Waals surface area (Å²) in [5.41, 5.74) is -0.0232. The van der Waals surface area contributed by atoms with E-state index in [1.54, 1.807) is 24.3 Å². The molecule has 0 fully saturated rings. The number of hydrogen-bond acceptors (Lipinski definition) is 7. The second kappa shape index (κ2) is 7.87. The van der Waals surface area contributed by atoms with Gasteiger partial charge in [0.1, 0.15) is 6.33 Å². The lowest BCUT2D eigenvalue weighted by atomic mass is 10.2. The first-order valence-electron chi connectivity index (χ1n) is 7.98. The second-order valence-electron chi connectivity index (χ2n) is 5.84. The van der Waals surface area contributed by atoms with Gasteiger partial charge in [-0.25, -0.2) is 15.0 Å². The quantitative estimate of drug-likeness (QED) is 0.425. The maximum atomic E-state index is 12.7. The molecule has 2 N–H and O–H groups in total. The fourth-order valence-electron chi connectivity index (χ4n) is 2.31. The molecule has 1 aromatic carbocycles. The second-order valence-corrected chi connectivity index (χ2v) is 6.25. The Morgan fingerprint density at radius 2 is 1.66 bits per heavy atom. The predicted octanol–water partition coefficient (Wildman–Crippen LogP) is 5.25. The Morgan fingerprint density at radius 3 is 2.21 bits per heavy atom. The molecule has 3 aromatic rings. The molecule has 12 heteroatoms. The van der Waals surface area contributed by atoms with Crippen LogP contribution in [0.5, 0.6) is 0 Å². The van der Waals surface area contributed by atoms with Gasteiger partial charge >= 0.3 is 11.9 Å². The van der Waals surface area contributed by atoms with E-state index in [-0.39, 0.29) is 22.5 Å². The first kappa shape index (κ1) is 20.3. The number of benzene rings is 1. The highest BCUT2D eigenvalue weighted by Gasteiger charge is 2.32. The van der Waals surface area contributed by atoms with Crippen molar-refractivity contribution in [1.29, 1.82) is 0 Å². The summed E-state index contributed by atoms with van der Waals surface area (Å²) in [5, 5.41) is 16.5. The minimum Gasteiger partial charge on any atom is -0.334 e. The number of aromatic nitrogens is 3. The van der Waals surface area contributed by atoms with Gasteiger partial charge in [0.2, 0.25) is 11.6 Å². The van der Waals surface area contributed by atoms with Crippen molar-refractivity contribution in [3.8, 4) is 0 Å². The van der Waals surface area contributed by atoms with E-state index in [0.717, 1.165) is 11.9 Å². The summed E-state index contributed by atoms with van der Waals surface area (Å²) in [6.07, 6.45) is -3.00. The molecule has 0 atom stereocenters. The van der Waals surface area contributed by atoms with Gasteiger partial charge < -0.3 is 10.6 Å². The fourth-order valence-corrected chi connectivity index (χ4v) is 2.52. The van der Waals surface area contributed by atoms with Gasteiger partial charge in [0.15, 0.2) is 5.82 Å². The van der Waals surface area contributed by atoms with Crippen molar-refractivity contribution in [3.05, 3.63) is 69.1 Å². The molecule has 29 heavy (non-hydrogen) atoms. The summed E-state index contributed by atoms with van der Waals surface area (Å²) in [6, 6.07) is 7.70. The van der Waals surface area contributed by atoms with E-state index in [4.69, 9.17) is 11.6 Å². The molecule has 0 saturated heterocycles. The number of alkyl halides is 3. The highest BCUT2D eigenvalue weighted by molar-refractivity contribution is 6.33. The summed E-state index contributed by atoms with van der Waals surface area (Å²) in [4.78, 5) is 22.1. The van der Waals surface area contributed by atoms with Crippen molar-refractivity contribution in [3.63, 3.8) is 0 Å². The lowest BCUT2D eigenvalue weighted by molar-refractivity contribution is -0.383. The van der Waals surface area contributed by atoms with Crippen LogP contribution in [0.4, 0.5) is 42.0 Å². The molecule has 0 unspecified atom stereocenters. The van der Waals surface area contributed by atoms with Crippen molar-refractivity contribution < 1.29 is 18.1 Å². The average molecular weight is 425 g/mol. The Labute approximate surface area is 166 Å². The maximum Gasteiger partial charge on any atom is 0.417 e. The van der Waals surface area contributed by atoms with Crippen molar-refractivity contribution in [1.82, 2.24) is 15.0 Å². The van der Waals surface area contributed by atoms with Crippen LogP contribution in [0.3, 0.4) is 0 Å². The Morgan fingerprint density at radius 1 is 1.03 bits per heavy atom. The lowest BCUT2D eigenvalue weighted by Crippen LogP contribution is -2.08. The Kier molecular flexibility index (Phi) is 5.50. The van der Waals surface area contributed by atoms with Gasteiger partial charge in [-0.2, -0.15) is 13.2 Å². The predicted molar refractivity (Wildman–Crippen MR) is 101 cm³/mol. The summed E-state index contributed by atoms with van der Waals surface area (Å²) < 4.78 is 38.2. The van der Waals surface area contributed by atoms with Gasteiger partial charge in [-0.05, 0) is 25.1 Å². The van der Waals surface area contributed by atoms with E-state index >= 15 is 0 Å². The summed E-state index contributed by atoms with van der Waals surface area (Å²) in [6.45, 7) is 1.89. The SMILES string of the molecule is Cc1ccc(Nc2ncnc(Nc3ncc(C(F)(F)F)cc3Cl)c2[N+](=O)[O-])cc1. The molecule has 2 aromatic heterocycles. The van der Waals surface area contributed by atoms with Gasteiger partial charge in [-0.15, -0.1) is 0 Å². The Hall–Kier alpha value is -3.47. The number of nitrogens with zero attached hydrogens (tertiary/aromatic N) is 4. The minimum absolute atomic E-state index is 0.112. The molecule has 150 valence electrons. The molecule has 0 aliphatic rings. The molecule has 2 heterocycles. The zero-order valence-electron chi connectivity index (χ0n) is 14.7. The van der Waals surface area contributed by atoms with Crippen LogP contribution in [-0.2, 0) is 6.18 Å². The zero-order chi connectivity index (χ0) is 21.2. The maximum absolute atomic E-state index is 12.7. The lowest BCUT2D eigenvalue weighted by Gasteiger charge is -2.12. The first-order valence-corrected chi connectivity index (χ1v) is 8.36. The molecular formula is C17H12ClF3N6O2. The van der Waals surface area contributed by atoms with Gasteiger partial charge in [-0.1, -0.05) is 29.3 Å².